The molecule has 1 N–H and O–H groups in total. The van der Waals surface area contributed by atoms with Crippen LogP contribution in [0.5, 0.6) is 11.5 Å². The Kier molecular flexibility index (Phi) is 6.94. The summed E-state index contributed by atoms with van der Waals surface area (Å²) in [5.74, 6) is 1.80. The first-order chi connectivity index (χ1) is 16.1. The van der Waals surface area contributed by atoms with E-state index in [-0.39, 0.29) is 18.6 Å². The first-order valence-corrected chi connectivity index (χ1v) is 10.7. The quantitative estimate of drug-likeness (QED) is 0.404. The fourth-order valence-corrected chi connectivity index (χ4v) is 3.14. The number of rotatable bonds is 9. The molecule has 0 aliphatic heterocycles. The molecule has 33 heavy (non-hydrogen) atoms. The highest BCUT2D eigenvalue weighted by Gasteiger charge is 2.11. The minimum atomic E-state index is -0.205. The number of amides is 1. The van der Waals surface area contributed by atoms with Gasteiger partial charge < -0.3 is 14.8 Å². The second-order valence-corrected chi connectivity index (χ2v) is 7.70. The SMILES string of the molecule is CC(C)n1nnnc1COc1ccc(C(=O)Nc2ccc(OCc3ccccc3)cc2)cc1. The minimum absolute atomic E-state index is 0.147. The van der Waals surface area contributed by atoms with Gasteiger partial charge in [0.15, 0.2) is 5.82 Å². The monoisotopic (exact) mass is 443 g/mol. The number of benzene rings is 3. The summed E-state index contributed by atoms with van der Waals surface area (Å²) in [7, 11) is 0. The Bertz CT molecular complexity index is 1170. The van der Waals surface area contributed by atoms with Crippen LogP contribution in [0.4, 0.5) is 5.69 Å². The Hall–Kier alpha value is -4.20. The van der Waals surface area contributed by atoms with Crippen LogP contribution in [0.15, 0.2) is 78.9 Å². The summed E-state index contributed by atoms with van der Waals surface area (Å²) in [5, 5.41) is 14.5. The van der Waals surface area contributed by atoms with Gasteiger partial charge in [0.25, 0.3) is 5.91 Å². The van der Waals surface area contributed by atoms with Crippen molar-refractivity contribution in [2.45, 2.75) is 33.1 Å². The molecule has 0 radical (unpaired) electrons. The number of hydrogen-bond acceptors (Lipinski definition) is 6. The smallest absolute Gasteiger partial charge is 0.255 e. The van der Waals surface area contributed by atoms with E-state index in [0.29, 0.717) is 29.4 Å². The third-order valence-corrected chi connectivity index (χ3v) is 4.90. The fourth-order valence-electron chi connectivity index (χ4n) is 3.14. The molecule has 0 fully saturated rings. The van der Waals surface area contributed by atoms with Crippen molar-refractivity contribution in [3.8, 4) is 11.5 Å². The molecule has 0 aliphatic rings. The number of nitrogens with zero attached hydrogens (tertiary/aromatic N) is 4. The van der Waals surface area contributed by atoms with Crippen molar-refractivity contribution in [3.63, 3.8) is 0 Å². The maximum atomic E-state index is 12.6. The van der Waals surface area contributed by atoms with Crippen LogP contribution in [0.3, 0.4) is 0 Å². The lowest BCUT2D eigenvalue weighted by Crippen LogP contribution is -2.12. The summed E-state index contributed by atoms with van der Waals surface area (Å²) in [6.45, 7) is 4.74. The predicted molar refractivity (Wildman–Crippen MR) is 124 cm³/mol. The Labute approximate surface area is 192 Å². The predicted octanol–water partition coefficient (Wildman–Crippen LogP) is 4.66. The van der Waals surface area contributed by atoms with Gasteiger partial charge in [0.05, 0.1) is 6.04 Å². The Morgan fingerprint density at radius 3 is 2.18 bits per heavy atom. The van der Waals surface area contributed by atoms with Gasteiger partial charge in [-0.1, -0.05) is 30.3 Å². The molecule has 168 valence electrons. The zero-order valence-electron chi connectivity index (χ0n) is 18.5. The average Bonchev–Trinajstić information content (AvgIpc) is 3.32. The van der Waals surface area contributed by atoms with Crippen LogP contribution in [0.1, 0.15) is 41.6 Å². The van der Waals surface area contributed by atoms with Crippen molar-refractivity contribution in [1.29, 1.82) is 0 Å². The summed E-state index contributed by atoms with van der Waals surface area (Å²) < 4.78 is 13.2. The number of ether oxygens (including phenoxy) is 2. The van der Waals surface area contributed by atoms with Crippen LogP contribution in [0.2, 0.25) is 0 Å². The largest absolute Gasteiger partial charge is 0.489 e. The number of aromatic nitrogens is 4. The molecule has 0 unspecified atom stereocenters. The molecule has 8 heteroatoms. The van der Waals surface area contributed by atoms with Crippen LogP contribution < -0.4 is 14.8 Å². The number of anilines is 1. The van der Waals surface area contributed by atoms with Crippen molar-refractivity contribution < 1.29 is 14.3 Å². The van der Waals surface area contributed by atoms with E-state index in [1.54, 1.807) is 28.9 Å². The summed E-state index contributed by atoms with van der Waals surface area (Å²) in [4.78, 5) is 12.6. The maximum absolute atomic E-state index is 12.6. The van der Waals surface area contributed by atoms with Crippen LogP contribution >= 0.6 is 0 Å². The van der Waals surface area contributed by atoms with E-state index in [1.165, 1.54) is 0 Å². The van der Waals surface area contributed by atoms with E-state index in [0.717, 1.165) is 11.3 Å². The van der Waals surface area contributed by atoms with Gasteiger partial charge in [0.1, 0.15) is 24.7 Å². The first kappa shape index (κ1) is 22.0. The molecule has 4 aromatic rings. The average molecular weight is 444 g/mol. The highest BCUT2D eigenvalue weighted by atomic mass is 16.5. The fraction of sp³-hybridized carbons (Fsp3) is 0.200. The van der Waals surface area contributed by atoms with Crippen molar-refractivity contribution in [3.05, 3.63) is 95.8 Å². The molecule has 4 rings (SSSR count). The summed E-state index contributed by atoms with van der Waals surface area (Å²) in [6, 6.07) is 24.3. The van der Waals surface area contributed by atoms with Gasteiger partial charge in [-0.05, 0) is 78.4 Å². The van der Waals surface area contributed by atoms with Crippen LogP contribution in [-0.2, 0) is 13.2 Å². The lowest BCUT2D eigenvalue weighted by Gasteiger charge is -2.10. The molecule has 0 aliphatic carbocycles. The molecule has 1 heterocycles. The molecule has 0 atom stereocenters. The Morgan fingerprint density at radius 2 is 1.52 bits per heavy atom. The van der Waals surface area contributed by atoms with Crippen molar-refractivity contribution >= 4 is 11.6 Å². The third kappa shape index (κ3) is 5.94. The standard InChI is InChI=1S/C25H25N5O3/c1-18(2)30-24(27-28-29-30)17-33-22-12-8-20(9-13-22)25(31)26-21-10-14-23(15-11-21)32-16-19-6-4-3-5-7-19/h3-15,18H,16-17H2,1-2H3,(H,26,31). The van der Waals surface area contributed by atoms with Gasteiger partial charge in [-0.25, -0.2) is 4.68 Å². The van der Waals surface area contributed by atoms with Crippen molar-refractivity contribution in [2.24, 2.45) is 0 Å². The number of tetrazole rings is 1. The third-order valence-electron chi connectivity index (χ3n) is 4.90. The van der Waals surface area contributed by atoms with E-state index in [2.05, 4.69) is 20.8 Å². The number of nitrogens with one attached hydrogen (secondary N) is 1. The highest BCUT2D eigenvalue weighted by Crippen LogP contribution is 2.19. The van der Waals surface area contributed by atoms with Gasteiger partial charge in [0.2, 0.25) is 0 Å². The second-order valence-electron chi connectivity index (χ2n) is 7.70. The lowest BCUT2D eigenvalue weighted by molar-refractivity contribution is 0.102. The van der Waals surface area contributed by atoms with Gasteiger partial charge in [-0.15, -0.1) is 5.10 Å². The van der Waals surface area contributed by atoms with E-state index < -0.39 is 0 Å². The van der Waals surface area contributed by atoms with Crippen LogP contribution in [0.25, 0.3) is 0 Å². The highest BCUT2D eigenvalue weighted by molar-refractivity contribution is 6.04. The molecule has 0 bridgehead atoms. The Balaban J connectivity index is 1.28. The molecule has 8 nitrogen and oxygen atoms in total. The molecule has 0 saturated heterocycles. The molecule has 3 aromatic carbocycles. The lowest BCUT2D eigenvalue weighted by atomic mass is 10.2. The topological polar surface area (TPSA) is 91.2 Å². The number of hydrogen-bond donors (Lipinski definition) is 1. The molecule has 1 amide bonds. The zero-order chi connectivity index (χ0) is 23.0. The minimum Gasteiger partial charge on any atom is -0.489 e. The zero-order valence-corrected chi connectivity index (χ0v) is 18.5. The summed E-state index contributed by atoms with van der Waals surface area (Å²) in [5.41, 5.74) is 2.31. The van der Waals surface area contributed by atoms with E-state index in [1.807, 2.05) is 68.4 Å². The van der Waals surface area contributed by atoms with E-state index >= 15 is 0 Å². The molecule has 0 saturated carbocycles. The molecular formula is C25H25N5O3. The number of carbonyl (C=O) groups excluding carboxylic acids is 1. The molecule has 0 spiro atoms. The second kappa shape index (κ2) is 10.4. The van der Waals surface area contributed by atoms with Gasteiger partial charge in [-0.3, -0.25) is 4.79 Å². The van der Waals surface area contributed by atoms with Gasteiger partial charge in [0, 0.05) is 11.3 Å². The van der Waals surface area contributed by atoms with Crippen molar-refractivity contribution in [2.75, 3.05) is 5.32 Å². The van der Waals surface area contributed by atoms with Crippen LogP contribution in [-0.4, -0.2) is 26.1 Å². The van der Waals surface area contributed by atoms with Gasteiger partial charge in [-0.2, -0.15) is 0 Å². The van der Waals surface area contributed by atoms with Crippen molar-refractivity contribution in [1.82, 2.24) is 20.2 Å². The van der Waals surface area contributed by atoms with E-state index in [9.17, 15) is 4.79 Å². The molecular weight excluding hydrogens is 418 g/mol. The maximum Gasteiger partial charge on any atom is 0.255 e. The van der Waals surface area contributed by atoms with Gasteiger partial charge >= 0.3 is 0 Å². The first-order valence-electron chi connectivity index (χ1n) is 10.7. The van der Waals surface area contributed by atoms with E-state index in [4.69, 9.17) is 9.47 Å². The normalized spacial score (nSPS) is 10.8. The molecule has 1 aromatic heterocycles. The number of carbonyl (C=O) groups is 1. The Morgan fingerprint density at radius 1 is 0.879 bits per heavy atom. The summed E-state index contributed by atoms with van der Waals surface area (Å²) >= 11 is 0. The van der Waals surface area contributed by atoms with Crippen LogP contribution in [0, 0.1) is 0 Å². The summed E-state index contributed by atoms with van der Waals surface area (Å²) in [6.07, 6.45) is 0.